The van der Waals surface area contributed by atoms with E-state index in [1.807, 2.05) is 86.0 Å². The number of benzene rings is 3. The van der Waals surface area contributed by atoms with Crippen LogP contribution in [0.1, 0.15) is 18.1 Å². The van der Waals surface area contributed by atoms with Gasteiger partial charge in [-0.15, -0.1) is 11.8 Å². The van der Waals surface area contributed by atoms with E-state index in [2.05, 4.69) is 0 Å². The van der Waals surface area contributed by atoms with E-state index in [0.717, 1.165) is 21.7 Å². The van der Waals surface area contributed by atoms with Gasteiger partial charge in [-0.05, 0) is 61.2 Å². The Kier molecular flexibility index (Phi) is 8.21. The van der Waals surface area contributed by atoms with E-state index in [1.54, 1.807) is 16.7 Å². The minimum absolute atomic E-state index is 0.134. The van der Waals surface area contributed by atoms with Crippen LogP contribution in [0.4, 0.5) is 5.69 Å². The molecule has 8 heteroatoms. The van der Waals surface area contributed by atoms with Gasteiger partial charge < -0.3 is 9.47 Å². The molecule has 174 valence electrons. The zero-order valence-corrected chi connectivity index (χ0v) is 21.8. The third kappa shape index (κ3) is 5.61. The zero-order valence-electron chi connectivity index (χ0n) is 18.6. The Labute approximate surface area is 218 Å². The second-order valence-electron chi connectivity index (χ2n) is 7.24. The van der Waals surface area contributed by atoms with Gasteiger partial charge in [-0.3, -0.25) is 9.69 Å². The van der Waals surface area contributed by atoms with Crippen molar-refractivity contribution in [2.75, 3.05) is 17.8 Å². The van der Waals surface area contributed by atoms with Crippen LogP contribution in [0.5, 0.6) is 11.5 Å². The van der Waals surface area contributed by atoms with Gasteiger partial charge in [0, 0.05) is 15.5 Å². The summed E-state index contributed by atoms with van der Waals surface area (Å²) in [5, 5.41) is 0.655. The molecule has 4 rings (SSSR count). The Morgan fingerprint density at radius 2 is 1.88 bits per heavy atom. The SMILES string of the molecule is CCOc1cc(/C=C2/SC(=S)N(c3cccc(SC)c3)C2=O)ccc1OCc1ccccc1Cl. The Morgan fingerprint density at radius 1 is 1.06 bits per heavy atom. The lowest BCUT2D eigenvalue weighted by Gasteiger charge is -2.15. The van der Waals surface area contributed by atoms with Gasteiger partial charge in [-0.1, -0.05) is 65.9 Å². The van der Waals surface area contributed by atoms with Crippen LogP contribution in [0.3, 0.4) is 0 Å². The van der Waals surface area contributed by atoms with Crippen LogP contribution in [0, 0.1) is 0 Å². The molecule has 1 aliphatic rings. The molecular weight excluding hydrogens is 506 g/mol. The molecule has 0 atom stereocenters. The zero-order chi connectivity index (χ0) is 24.1. The van der Waals surface area contributed by atoms with Crippen LogP contribution >= 0.6 is 47.3 Å². The number of halogens is 1. The number of thiocarbonyl (C=S) groups is 1. The molecule has 3 aromatic rings. The van der Waals surface area contributed by atoms with Crippen molar-refractivity contribution in [1.29, 1.82) is 0 Å². The summed E-state index contributed by atoms with van der Waals surface area (Å²) in [4.78, 5) is 16.4. The Hall–Kier alpha value is -2.45. The predicted molar refractivity (Wildman–Crippen MR) is 147 cm³/mol. The van der Waals surface area contributed by atoms with Crippen LogP contribution in [-0.2, 0) is 11.4 Å². The van der Waals surface area contributed by atoms with E-state index in [9.17, 15) is 4.79 Å². The molecule has 1 amide bonds. The molecule has 34 heavy (non-hydrogen) atoms. The largest absolute Gasteiger partial charge is 0.490 e. The summed E-state index contributed by atoms with van der Waals surface area (Å²) in [6, 6.07) is 21.0. The molecule has 0 radical (unpaired) electrons. The quantitative estimate of drug-likeness (QED) is 0.172. The summed E-state index contributed by atoms with van der Waals surface area (Å²) in [7, 11) is 0. The molecule has 0 saturated carbocycles. The molecule has 1 fully saturated rings. The maximum Gasteiger partial charge on any atom is 0.270 e. The first-order valence-corrected chi connectivity index (χ1v) is 13.4. The van der Waals surface area contributed by atoms with Crippen LogP contribution in [0.25, 0.3) is 6.08 Å². The molecule has 0 aliphatic carbocycles. The molecular formula is C26H22ClNO3S3. The summed E-state index contributed by atoms with van der Waals surface area (Å²) in [5.41, 5.74) is 2.49. The fourth-order valence-electron chi connectivity index (χ4n) is 3.36. The van der Waals surface area contributed by atoms with Crippen molar-refractivity contribution in [2.45, 2.75) is 18.4 Å². The lowest BCUT2D eigenvalue weighted by molar-refractivity contribution is -0.113. The Balaban J connectivity index is 1.56. The second kappa shape index (κ2) is 11.3. The van der Waals surface area contributed by atoms with Gasteiger partial charge in [0.25, 0.3) is 5.91 Å². The van der Waals surface area contributed by atoms with Crippen molar-refractivity contribution >= 4 is 69.3 Å². The van der Waals surface area contributed by atoms with Crippen LogP contribution in [0.2, 0.25) is 5.02 Å². The van der Waals surface area contributed by atoms with Gasteiger partial charge in [0.05, 0.1) is 17.2 Å². The van der Waals surface area contributed by atoms with E-state index in [1.165, 1.54) is 11.8 Å². The van der Waals surface area contributed by atoms with Gasteiger partial charge in [-0.25, -0.2) is 0 Å². The van der Waals surface area contributed by atoms with Crippen molar-refractivity contribution in [1.82, 2.24) is 0 Å². The van der Waals surface area contributed by atoms with Gasteiger partial charge in [0.2, 0.25) is 0 Å². The van der Waals surface area contributed by atoms with Crippen molar-refractivity contribution in [3.8, 4) is 11.5 Å². The Bertz CT molecular complexity index is 1260. The monoisotopic (exact) mass is 527 g/mol. The number of ether oxygens (including phenoxy) is 2. The highest BCUT2D eigenvalue weighted by Crippen LogP contribution is 2.38. The van der Waals surface area contributed by atoms with Gasteiger partial charge in [-0.2, -0.15) is 0 Å². The standard InChI is InChI=1S/C26H22ClNO3S3/c1-3-30-23-13-17(11-12-22(23)31-16-18-7-4-5-10-21(18)27)14-24-25(29)28(26(32)34-24)19-8-6-9-20(15-19)33-2/h4-15H,3,16H2,1-2H3/b24-14+. The number of anilines is 1. The third-order valence-electron chi connectivity index (χ3n) is 5.01. The number of carbonyl (C=O) groups is 1. The normalized spacial score (nSPS) is 14.7. The van der Waals surface area contributed by atoms with Crippen molar-refractivity contribution in [3.63, 3.8) is 0 Å². The summed E-state index contributed by atoms with van der Waals surface area (Å²) < 4.78 is 12.3. The van der Waals surface area contributed by atoms with Crippen LogP contribution in [0.15, 0.2) is 76.5 Å². The van der Waals surface area contributed by atoms with Crippen molar-refractivity contribution in [3.05, 3.63) is 87.8 Å². The minimum atomic E-state index is -0.134. The second-order valence-corrected chi connectivity index (χ2v) is 10.2. The number of amides is 1. The fraction of sp³-hybridized carbons (Fsp3) is 0.154. The number of hydrogen-bond acceptors (Lipinski definition) is 6. The maximum atomic E-state index is 13.2. The van der Waals surface area contributed by atoms with E-state index in [-0.39, 0.29) is 5.91 Å². The Morgan fingerprint density at radius 3 is 2.65 bits per heavy atom. The summed E-state index contributed by atoms with van der Waals surface area (Å²) in [5.74, 6) is 1.08. The van der Waals surface area contributed by atoms with E-state index in [0.29, 0.717) is 39.0 Å². The molecule has 0 N–H and O–H groups in total. The lowest BCUT2D eigenvalue weighted by atomic mass is 10.1. The smallest absolute Gasteiger partial charge is 0.270 e. The summed E-state index contributed by atoms with van der Waals surface area (Å²) in [6.45, 7) is 2.73. The number of rotatable bonds is 8. The lowest BCUT2D eigenvalue weighted by Crippen LogP contribution is -2.27. The molecule has 1 aliphatic heterocycles. The highest BCUT2D eigenvalue weighted by Gasteiger charge is 2.33. The topological polar surface area (TPSA) is 38.8 Å². The first-order valence-electron chi connectivity index (χ1n) is 10.5. The molecule has 0 bridgehead atoms. The average Bonchev–Trinajstić information content (AvgIpc) is 3.12. The van der Waals surface area contributed by atoms with E-state index < -0.39 is 0 Å². The molecule has 3 aromatic carbocycles. The molecule has 0 unspecified atom stereocenters. The van der Waals surface area contributed by atoms with Crippen LogP contribution in [-0.4, -0.2) is 23.1 Å². The molecule has 0 spiro atoms. The number of carbonyl (C=O) groups excluding carboxylic acids is 1. The van der Waals surface area contributed by atoms with Gasteiger partial charge in [0.15, 0.2) is 15.8 Å². The average molecular weight is 528 g/mol. The third-order valence-corrected chi connectivity index (χ3v) is 7.41. The van der Waals surface area contributed by atoms with Gasteiger partial charge >= 0.3 is 0 Å². The minimum Gasteiger partial charge on any atom is -0.490 e. The number of nitrogens with zero attached hydrogens (tertiary/aromatic N) is 1. The highest BCUT2D eigenvalue weighted by molar-refractivity contribution is 8.27. The summed E-state index contributed by atoms with van der Waals surface area (Å²) >= 11 is 14.7. The summed E-state index contributed by atoms with van der Waals surface area (Å²) in [6.07, 6.45) is 3.83. The number of hydrogen-bond donors (Lipinski definition) is 0. The van der Waals surface area contributed by atoms with Crippen molar-refractivity contribution < 1.29 is 14.3 Å². The molecule has 0 aromatic heterocycles. The van der Waals surface area contributed by atoms with E-state index in [4.69, 9.17) is 33.3 Å². The predicted octanol–water partition coefficient (Wildman–Crippen LogP) is 7.45. The molecule has 1 saturated heterocycles. The van der Waals surface area contributed by atoms with Gasteiger partial charge in [0.1, 0.15) is 6.61 Å². The maximum absolute atomic E-state index is 13.2. The fourth-order valence-corrected chi connectivity index (χ4v) is 5.31. The van der Waals surface area contributed by atoms with Crippen molar-refractivity contribution in [2.24, 2.45) is 0 Å². The molecule has 1 heterocycles. The highest BCUT2D eigenvalue weighted by atomic mass is 35.5. The molecule has 4 nitrogen and oxygen atoms in total. The number of thioether (sulfide) groups is 2. The first kappa shape index (κ1) is 24.7. The van der Waals surface area contributed by atoms with E-state index >= 15 is 0 Å². The first-order chi connectivity index (χ1) is 16.5. The van der Waals surface area contributed by atoms with Crippen LogP contribution < -0.4 is 14.4 Å².